The minimum atomic E-state index is 0. The van der Waals surface area contributed by atoms with Crippen LogP contribution in [0.3, 0.4) is 0 Å². The molecule has 0 spiro atoms. The molecule has 2 N–H and O–H groups in total. The van der Waals surface area contributed by atoms with E-state index in [0.29, 0.717) is 13.2 Å². The molecule has 0 amide bonds. The molecule has 0 aliphatic rings. The van der Waals surface area contributed by atoms with Gasteiger partial charge in [0.25, 0.3) is 0 Å². The van der Waals surface area contributed by atoms with Crippen molar-refractivity contribution in [1.82, 2.24) is 9.78 Å². The van der Waals surface area contributed by atoms with E-state index in [1.807, 2.05) is 48.3 Å². The summed E-state index contributed by atoms with van der Waals surface area (Å²) in [5.74, 6) is 0.894. The van der Waals surface area contributed by atoms with Crippen LogP contribution >= 0.6 is 12.4 Å². The van der Waals surface area contributed by atoms with E-state index in [9.17, 15) is 0 Å². The van der Waals surface area contributed by atoms with E-state index in [0.717, 1.165) is 23.4 Å². The number of ether oxygens (including phenoxy) is 1. The van der Waals surface area contributed by atoms with Gasteiger partial charge in [-0.1, -0.05) is 12.1 Å². The van der Waals surface area contributed by atoms with Gasteiger partial charge in [0.05, 0.1) is 19.3 Å². The fourth-order valence-corrected chi connectivity index (χ4v) is 1.68. The quantitative estimate of drug-likeness (QED) is 0.905. The van der Waals surface area contributed by atoms with Gasteiger partial charge in [0.1, 0.15) is 5.75 Å². The third-order valence-electron chi connectivity index (χ3n) is 2.49. The highest BCUT2D eigenvalue weighted by Gasteiger charge is 2.01. The van der Waals surface area contributed by atoms with Crippen LogP contribution in [-0.4, -0.2) is 22.9 Å². The second kappa shape index (κ2) is 7.03. The molecular formula is C13H18ClN3O. The fraction of sp³-hybridized carbons (Fsp3) is 0.308. The van der Waals surface area contributed by atoms with E-state index in [4.69, 9.17) is 10.5 Å². The van der Waals surface area contributed by atoms with Gasteiger partial charge in [-0.05, 0) is 24.6 Å². The highest BCUT2D eigenvalue weighted by atomic mass is 35.5. The molecule has 0 aliphatic heterocycles. The van der Waals surface area contributed by atoms with Crippen molar-refractivity contribution in [2.24, 2.45) is 5.73 Å². The lowest BCUT2D eigenvalue weighted by atomic mass is 10.1. The van der Waals surface area contributed by atoms with Crippen LogP contribution in [0.1, 0.15) is 6.92 Å². The zero-order valence-corrected chi connectivity index (χ0v) is 11.2. The van der Waals surface area contributed by atoms with E-state index < -0.39 is 0 Å². The largest absolute Gasteiger partial charge is 0.494 e. The van der Waals surface area contributed by atoms with Gasteiger partial charge in [0.2, 0.25) is 0 Å². The topological polar surface area (TPSA) is 53.1 Å². The second-order valence-corrected chi connectivity index (χ2v) is 3.74. The molecule has 2 aromatic rings. The summed E-state index contributed by atoms with van der Waals surface area (Å²) in [7, 11) is 0. The van der Waals surface area contributed by atoms with E-state index in [1.165, 1.54) is 0 Å². The number of nitrogens with zero attached hydrogens (tertiary/aromatic N) is 2. The standard InChI is InChI=1S/C13H17N3O.ClH/c1-2-17-13-5-3-11(4-6-13)12-9-15-16(10-12)8-7-14;/h3-6,9-10H,2,7-8,14H2,1H3;1H. The molecule has 1 aromatic carbocycles. The molecule has 98 valence electrons. The Morgan fingerprint density at radius 1 is 1.22 bits per heavy atom. The highest BCUT2D eigenvalue weighted by molar-refractivity contribution is 5.85. The molecular weight excluding hydrogens is 250 g/mol. The number of hydrogen-bond donors (Lipinski definition) is 1. The van der Waals surface area contributed by atoms with Crippen molar-refractivity contribution in [3.05, 3.63) is 36.7 Å². The molecule has 1 aromatic heterocycles. The van der Waals surface area contributed by atoms with Crippen LogP contribution in [0.2, 0.25) is 0 Å². The van der Waals surface area contributed by atoms with E-state index >= 15 is 0 Å². The highest BCUT2D eigenvalue weighted by Crippen LogP contribution is 2.21. The zero-order chi connectivity index (χ0) is 12.1. The summed E-state index contributed by atoms with van der Waals surface area (Å²) in [6.07, 6.45) is 3.86. The maximum absolute atomic E-state index is 5.48. The van der Waals surface area contributed by atoms with Crippen LogP contribution in [0.5, 0.6) is 5.75 Å². The molecule has 1 heterocycles. The number of aromatic nitrogens is 2. The Hall–Kier alpha value is -1.52. The molecule has 0 saturated carbocycles. The Labute approximate surface area is 113 Å². The first-order valence-corrected chi connectivity index (χ1v) is 5.79. The van der Waals surface area contributed by atoms with Crippen LogP contribution in [0.4, 0.5) is 0 Å². The van der Waals surface area contributed by atoms with Crippen LogP contribution in [0.25, 0.3) is 11.1 Å². The Kier molecular flexibility index (Phi) is 5.68. The summed E-state index contributed by atoms with van der Waals surface area (Å²) >= 11 is 0. The number of rotatable bonds is 5. The van der Waals surface area contributed by atoms with Crippen molar-refractivity contribution >= 4 is 12.4 Å². The minimum Gasteiger partial charge on any atom is -0.494 e. The Morgan fingerprint density at radius 3 is 2.56 bits per heavy atom. The van der Waals surface area contributed by atoms with Gasteiger partial charge in [0.15, 0.2) is 0 Å². The lowest BCUT2D eigenvalue weighted by molar-refractivity contribution is 0.340. The molecule has 0 saturated heterocycles. The first kappa shape index (κ1) is 14.5. The first-order chi connectivity index (χ1) is 8.33. The molecule has 0 atom stereocenters. The third-order valence-corrected chi connectivity index (χ3v) is 2.49. The maximum Gasteiger partial charge on any atom is 0.119 e. The fourth-order valence-electron chi connectivity index (χ4n) is 1.68. The molecule has 2 rings (SSSR count). The number of hydrogen-bond acceptors (Lipinski definition) is 3. The summed E-state index contributed by atoms with van der Waals surface area (Å²) < 4.78 is 7.26. The van der Waals surface area contributed by atoms with Gasteiger partial charge in [-0.3, -0.25) is 4.68 Å². The average molecular weight is 268 g/mol. The molecule has 0 unspecified atom stereocenters. The first-order valence-electron chi connectivity index (χ1n) is 5.79. The van der Waals surface area contributed by atoms with Gasteiger partial charge < -0.3 is 10.5 Å². The van der Waals surface area contributed by atoms with Crippen molar-refractivity contribution in [2.45, 2.75) is 13.5 Å². The molecule has 5 heteroatoms. The number of halogens is 1. The Morgan fingerprint density at radius 2 is 1.94 bits per heavy atom. The van der Waals surface area contributed by atoms with Crippen molar-refractivity contribution < 1.29 is 4.74 Å². The lowest BCUT2D eigenvalue weighted by Crippen LogP contribution is -2.09. The third kappa shape index (κ3) is 3.48. The van der Waals surface area contributed by atoms with Crippen LogP contribution in [-0.2, 0) is 6.54 Å². The van der Waals surface area contributed by atoms with Crippen molar-refractivity contribution in [3.63, 3.8) is 0 Å². The summed E-state index contributed by atoms with van der Waals surface area (Å²) in [5.41, 5.74) is 7.72. The van der Waals surface area contributed by atoms with Gasteiger partial charge in [0, 0.05) is 18.3 Å². The molecule has 0 aliphatic carbocycles. The maximum atomic E-state index is 5.48. The van der Waals surface area contributed by atoms with Gasteiger partial charge in [-0.15, -0.1) is 12.4 Å². The predicted molar refractivity (Wildman–Crippen MR) is 75.1 cm³/mol. The van der Waals surface area contributed by atoms with E-state index in [-0.39, 0.29) is 12.4 Å². The van der Waals surface area contributed by atoms with Crippen molar-refractivity contribution in [3.8, 4) is 16.9 Å². The Bertz CT molecular complexity index is 467. The average Bonchev–Trinajstić information content (AvgIpc) is 2.80. The van der Waals surface area contributed by atoms with E-state index in [1.54, 1.807) is 0 Å². The number of benzene rings is 1. The number of nitrogens with two attached hydrogens (primary N) is 1. The van der Waals surface area contributed by atoms with Crippen molar-refractivity contribution in [1.29, 1.82) is 0 Å². The molecule has 0 radical (unpaired) electrons. The second-order valence-electron chi connectivity index (χ2n) is 3.74. The summed E-state index contributed by atoms with van der Waals surface area (Å²) in [6.45, 7) is 4.01. The van der Waals surface area contributed by atoms with Gasteiger partial charge in [-0.25, -0.2) is 0 Å². The van der Waals surface area contributed by atoms with Crippen LogP contribution < -0.4 is 10.5 Å². The van der Waals surface area contributed by atoms with Crippen molar-refractivity contribution in [2.75, 3.05) is 13.2 Å². The summed E-state index contributed by atoms with van der Waals surface area (Å²) in [5, 5.41) is 4.25. The Balaban J connectivity index is 0.00000162. The normalized spacial score (nSPS) is 9.89. The molecule has 18 heavy (non-hydrogen) atoms. The zero-order valence-electron chi connectivity index (χ0n) is 10.4. The lowest BCUT2D eigenvalue weighted by Gasteiger charge is -2.03. The summed E-state index contributed by atoms with van der Waals surface area (Å²) in [6, 6.07) is 8.02. The van der Waals surface area contributed by atoms with Crippen LogP contribution in [0.15, 0.2) is 36.7 Å². The van der Waals surface area contributed by atoms with Gasteiger partial charge in [-0.2, -0.15) is 5.10 Å². The SMILES string of the molecule is CCOc1ccc(-c2cnn(CCN)c2)cc1.Cl. The summed E-state index contributed by atoms with van der Waals surface area (Å²) in [4.78, 5) is 0. The molecule has 0 bridgehead atoms. The monoisotopic (exact) mass is 267 g/mol. The predicted octanol–water partition coefficient (Wildman–Crippen LogP) is 2.33. The van der Waals surface area contributed by atoms with Gasteiger partial charge >= 0.3 is 0 Å². The molecule has 4 nitrogen and oxygen atoms in total. The minimum absolute atomic E-state index is 0. The smallest absolute Gasteiger partial charge is 0.119 e. The van der Waals surface area contributed by atoms with Crippen LogP contribution in [0, 0.1) is 0 Å². The molecule has 0 fully saturated rings. The van der Waals surface area contributed by atoms with E-state index in [2.05, 4.69) is 5.10 Å².